The van der Waals surface area contributed by atoms with Crippen LogP contribution in [0.1, 0.15) is 25.7 Å². The first-order valence-corrected chi connectivity index (χ1v) is 12.3. The fourth-order valence-corrected chi connectivity index (χ4v) is 7.13. The first-order valence-electron chi connectivity index (χ1n) is 10.5. The lowest BCUT2D eigenvalue weighted by Crippen LogP contribution is -2.46. The fourth-order valence-electron chi connectivity index (χ4n) is 4.66. The standard InChI is InChI=1S/C21H18ClF2N3O7S/c22-13-6-7-14(25-20(30)26-15-2-1-3-16-18(15)34-21(23,24)33-16)17(29)19(13)35(31,32)27-10-4-5-11(27)9-12(28)8-10/h1-3,6-7,10-11,29H,4-5,8-9H2,(H2,25,26,30)/t10-,11+. The SMILES string of the molecule is O=C1C[C@H]2CC[C@@H](C1)N2S(=O)(=O)c1c(Cl)ccc(NC(=O)Nc2cccc3c2OC(F)(F)O3)c1O. The van der Waals surface area contributed by atoms with Gasteiger partial charge in [-0.2, -0.15) is 4.31 Å². The number of nitrogens with zero attached hydrogens (tertiary/aromatic N) is 1. The summed E-state index contributed by atoms with van der Waals surface area (Å²) in [5, 5.41) is 15.1. The van der Waals surface area contributed by atoms with Gasteiger partial charge in [-0.05, 0) is 37.1 Å². The maximum Gasteiger partial charge on any atom is 0.586 e. The summed E-state index contributed by atoms with van der Waals surface area (Å²) in [4.78, 5) is 23.8. The molecule has 5 rings (SSSR count). The Morgan fingerprint density at radius 2 is 1.74 bits per heavy atom. The van der Waals surface area contributed by atoms with E-state index in [0.29, 0.717) is 12.8 Å². The van der Waals surface area contributed by atoms with E-state index in [1.54, 1.807) is 0 Å². The number of aromatic hydroxyl groups is 1. The Kier molecular flexibility index (Phi) is 5.53. The second-order valence-electron chi connectivity index (χ2n) is 8.32. The molecule has 186 valence electrons. The van der Waals surface area contributed by atoms with Crippen molar-refractivity contribution in [2.45, 2.75) is 49.0 Å². The van der Waals surface area contributed by atoms with E-state index in [2.05, 4.69) is 20.1 Å². The largest absolute Gasteiger partial charge is 0.586 e. The average molecular weight is 530 g/mol. The van der Waals surface area contributed by atoms with Crippen molar-refractivity contribution in [3.63, 3.8) is 0 Å². The van der Waals surface area contributed by atoms with Gasteiger partial charge in [-0.25, -0.2) is 13.2 Å². The fraction of sp³-hybridized carbons (Fsp3) is 0.333. The van der Waals surface area contributed by atoms with Crippen LogP contribution >= 0.6 is 11.6 Å². The first-order chi connectivity index (χ1) is 16.5. The Hall–Kier alpha value is -3.16. The number of carbonyl (C=O) groups is 2. The molecule has 2 aromatic rings. The summed E-state index contributed by atoms with van der Waals surface area (Å²) in [7, 11) is -4.31. The number of ketones is 1. The highest BCUT2D eigenvalue weighted by Crippen LogP contribution is 2.46. The number of urea groups is 1. The quantitative estimate of drug-likeness (QED) is 0.511. The molecule has 2 fully saturated rings. The van der Waals surface area contributed by atoms with Crippen molar-refractivity contribution in [1.29, 1.82) is 0 Å². The molecule has 3 N–H and O–H groups in total. The van der Waals surface area contributed by atoms with E-state index in [1.165, 1.54) is 34.6 Å². The lowest BCUT2D eigenvalue weighted by atomic mass is 10.0. The maximum atomic E-state index is 13.5. The lowest BCUT2D eigenvalue weighted by molar-refractivity contribution is -0.286. The van der Waals surface area contributed by atoms with Crippen molar-refractivity contribution < 1.29 is 41.4 Å². The number of phenolic OH excluding ortho intramolecular Hbond substituents is 1. The number of halogens is 3. The number of Topliss-reactive ketones (excluding diaryl/α,β-unsaturated/α-hetero) is 1. The molecule has 3 aliphatic rings. The van der Waals surface area contributed by atoms with E-state index in [0.717, 1.165) is 0 Å². The molecule has 2 atom stereocenters. The molecule has 0 radical (unpaired) electrons. The van der Waals surface area contributed by atoms with Crippen LogP contribution < -0.4 is 20.1 Å². The van der Waals surface area contributed by atoms with Crippen LogP contribution in [0.3, 0.4) is 0 Å². The number of piperidine rings is 1. The monoisotopic (exact) mass is 529 g/mol. The summed E-state index contributed by atoms with van der Waals surface area (Å²) in [6, 6.07) is 4.20. The van der Waals surface area contributed by atoms with Crippen LogP contribution in [0.15, 0.2) is 35.2 Å². The summed E-state index contributed by atoms with van der Waals surface area (Å²) >= 11 is 6.14. The van der Waals surface area contributed by atoms with Crippen LogP contribution in [0.2, 0.25) is 5.02 Å². The highest BCUT2D eigenvalue weighted by Gasteiger charge is 2.48. The van der Waals surface area contributed by atoms with Crippen molar-refractivity contribution in [3.8, 4) is 17.2 Å². The minimum Gasteiger partial charge on any atom is -0.504 e. The number of carbonyl (C=O) groups excluding carboxylic acids is 2. The second kappa shape index (κ2) is 8.21. The third-order valence-electron chi connectivity index (χ3n) is 6.02. The number of rotatable bonds is 4. The van der Waals surface area contributed by atoms with Crippen LogP contribution in [0.4, 0.5) is 25.0 Å². The third kappa shape index (κ3) is 4.13. The van der Waals surface area contributed by atoms with Crippen molar-refractivity contribution in [1.82, 2.24) is 4.31 Å². The number of anilines is 2. The molecule has 2 amide bonds. The van der Waals surface area contributed by atoms with Crippen molar-refractivity contribution >= 4 is 44.8 Å². The molecule has 0 unspecified atom stereocenters. The van der Waals surface area contributed by atoms with Crippen LogP contribution in [0, 0.1) is 0 Å². The molecule has 2 saturated heterocycles. The summed E-state index contributed by atoms with van der Waals surface area (Å²) < 4.78 is 63.6. The minimum absolute atomic E-state index is 0.0223. The number of hydrogen-bond acceptors (Lipinski definition) is 7. The Bertz CT molecular complexity index is 1340. The van der Waals surface area contributed by atoms with Gasteiger partial charge in [-0.15, -0.1) is 8.78 Å². The number of nitrogens with one attached hydrogen (secondary N) is 2. The van der Waals surface area contributed by atoms with Crippen LogP contribution in [-0.2, 0) is 14.8 Å². The van der Waals surface area contributed by atoms with Crippen LogP contribution in [-0.4, -0.2) is 48.0 Å². The number of phenols is 1. The predicted molar refractivity (Wildman–Crippen MR) is 118 cm³/mol. The van der Waals surface area contributed by atoms with Gasteiger partial charge in [0.1, 0.15) is 10.7 Å². The minimum atomic E-state index is -4.31. The number of benzene rings is 2. The third-order valence-corrected chi connectivity index (χ3v) is 8.53. The Labute approximate surface area is 202 Å². The first kappa shape index (κ1) is 23.6. The lowest BCUT2D eigenvalue weighted by Gasteiger charge is -2.33. The zero-order chi connectivity index (χ0) is 25.1. The molecule has 0 aliphatic carbocycles. The molecule has 3 heterocycles. The summed E-state index contributed by atoms with van der Waals surface area (Å²) in [5.74, 6) is -1.50. The molecule has 0 saturated carbocycles. The predicted octanol–water partition coefficient (Wildman–Crippen LogP) is 3.90. The van der Waals surface area contributed by atoms with Gasteiger partial charge in [-0.3, -0.25) is 4.79 Å². The smallest absolute Gasteiger partial charge is 0.504 e. The van der Waals surface area contributed by atoms with Crippen LogP contribution in [0.25, 0.3) is 0 Å². The van der Waals surface area contributed by atoms with Gasteiger partial charge in [0.2, 0.25) is 10.0 Å². The van der Waals surface area contributed by atoms with Crippen molar-refractivity contribution in [2.75, 3.05) is 10.6 Å². The molecule has 2 aromatic carbocycles. The molecule has 0 aromatic heterocycles. The number of sulfonamides is 1. The second-order valence-corrected chi connectivity index (χ2v) is 10.5. The zero-order valence-electron chi connectivity index (χ0n) is 17.8. The van der Waals surface area contributed by atoms with E-state index in [1.807, 2.05) is 0 Å². The van der Waals surface area contributed by atoms with E-state index in [4.69, 9.17) is 11.6 Å². The van der Waals surface area contributed by atoms with E-state index < -0.39 is 50.8 Å². The van der Waals surface area contributed by atoms with Gasteiger partial charge in [0, 0.05) is 24.9 Å². The number of para-hydroxylation sites is 1. The number of alkyl halides is 2. The maximum absolute atomic E-state index is 13.5. The van der Waals surface area contributed by atoms with E-state index in [-0.39, 0.29) is 40.8 Å². The molecule has 2 bridgehead atoms. The summed E-state index contributed by atoms with van der Waals surface area (Å²) in [5.41, 5.74) is -0.436. The van der Waals surface area contributed by atoms with Gasteiger partial charge < -0.3 is 25.2 Å². The topological polar surface area (TPSA) is 134 Å². The molecule has 3 aliphatic heterocycles. The number of amides is 2. The number of hydrogen-bond donors (Lipinski definition) is 3. The summed E-state index contributed by atoms with van der Waals surface area (Å²) in [6.45, 7) is 0. The van der Waals surface area contributed by atoms with Gasteiger partial charge >= 0.3 is 12.3 Å². The molecular weight excluding hydrogens is 512 g/mol. The molecule has 0 spiro atoms. The summed E-state index contributed by atoms with van der Waals surface area (Å²) in [6.07, 6.45) is -2.70. The molecule has 10 nitrogen and oxygen atoms in total. The van der Waals surface area contributed by atoms with Gasteiger partial charge in [0.05, 0.1) is 16.4 Å². The molecule has 14 heteroatoms. The number of fused-ring (bicyclic) bond motifs is 3. The van der Waals surface area contributed by atoms with Gasteiger partial charge in [-0.1, -0.05) is 17.7 Å². The Balaban J connectivity index is 1.40. The van der Waals surface area contributed by atoms with Gasteiger partial charge in [0.15, 0.2) is 17.2 Å². The van der Waals surface area contributed by atoms with Crippen molar-refractivity contribution in [3.05, 3.63) is 35.4 Å². The average Bonchev–Trinajstić information content (AvgIpc) is 3.23. The molecular formula is C21H18ClF2N3O7S. The van der Waals surface area contributed by atoms with E-state index in [9.17, 15) is 31.9 Å². The number of ether oxygens (including phenoxy) is 2. The molecule has 35 heavy (non-hydrogen) atoms. The van der Waals surface area contributed by atoms with Gasteiger partial charge in [0.25, 0.3) is 0 Å². The normalized spacial score (nSPS) is 22.8. The van der Waals surface area contributed by atoms with Crippen molar-refractivity contribution in [2.24, 2.45) is 0 Å². The zero-order valence-corrected chi connectivity index (χ0v) is 19.3. The Morgan fingerprint density at radius 1 is 1.09 bits per heavy atom. The van der Waals surface area contributed by atoms with Crippen LogP contribution in [0.5, 0.6) is 17.2 Å². The highest BCUT2D eigenvalue weighted by atomic mass is 35.5. The Morgan fingerprint density at radius 3 is 2.43 bits per heavy atom. The highest BCUT2D eigenvalue weighted by molar-refractivity contribution is 7.89. The van der Waals surface area contributed by atoms with E-state index >= 15 is 0 Å².